The zero-order valence-corrected chi connectivity index (χ0v) is 8.33. The van der Waals surface area contributed by atoms with Gasteiger partial charge in [-0.2, -0.15) is 0 Å². The average Bonchev–Trinajstić information content (AvgIpc) is 2.59. The number of fused-ring (bicyclic) bond motifs is 1. The molecule has 1 spiro atoms. The van der Waals surface area contributed by atoms with E-state index in [4.69, 9.17) is 4.84 Å². The molecule has 0 amide bonds. The molecule has 76 valence electrons. The standard InChI is InChI=1S/C11H16N2O/c1-2-11(3-1)4-9(13-14-11)10-7-5-12-6-8(7)10/h7-8,10,12H,1-6H2. The van der Waals surface area contributed by atoms with E-state index in [1.807, 2.05) is 0 Å². The van der Waals surface area contributed by atoms with Crippen LogP contribution in [0.4, 0.5) is 0 Å². The molecule has 14 heavy (non-hydrogen) atoms. The highest BCUT2D eigenvalue weighted by molar-refractivity contribution is 5.91. The molecule has 4 rings (SSSR count). The van der Waals surface area contributed by atoms with Crippen molar-refractivity contribution in [2.75, 3.05) is 13.1 Å². The van der Waals surface area contributed by atoms with Gasteiger partial charge in [0.05, 0.1) is 5.71 Å². The lowest BCUT2D eigenvalue weighted by molar-refractivity contribution is -0.0755. The topological polar surface area (TPSA) is 33.6 Å². The van der Waals surface area contributed by atoms with Gasteiger partial charge in [-0.05, 0) is 44.2 Å². The lowest BCUT2D eigenvalue weighted by Crippen LogP contribution is -2.37. The van der Waals surface area contributed by atoms with Gasteiger partial charge in [-0.15, -0.1) is 0 Å². The molecule has 1 saturated heterocycles. The van der Waals surface area contributed by atoms with Crippen molar-refractivity contribution in [3.05, 3.63) is 0 Å². The fraction of sp³-hybridized carbons (Fsp3) is 0.909. The van der Waals surface area contributed by atoms with E-state index in [1.165, 1.54) is 38.1 Å². The number of hydrogen-bond acceptors (Lipinski definition) is 3. The Morgan fingerprint density at radius 1 is 1.29 bits per heavy atom. The fourth-order valence-electron chi connectivity index (χ4n) is 3.48. The Morgan fingerprint density at radius 2 is 2.07 bits per heavy atom. The van der Waals surface area contributed by atoms with Gasteiger partial charge in [-0.3, -0.25) is 0 Å². The van der Waals surface area contributed by atoms with Crippen LogP contribution in [0.1, 0.15) is 25.7 Å². The molecule has 1 N–H and O–H groups in total. The number of nitrogens with one attached hydrogen (secondary N) is 1. The van der Waals surface area contributed by atoms with E-state index in [-0.39, 0.29) is 5.60 Å². The largest absolute Gasteiger partial charge is 0.389 e. The van der Waals surface area contributed by atoms with Crippen molar-refractivity contribution in [1.29, 1.82) is 0 Å². The van der Waals surface area contributed by atoms with Gasteiger partial charge >= 0.3 is 0 Å². The quantitative estimate of drug-likeness (QED) is 0.676. The maximum Gasteiger partial charge on any atom is 0.143 e. The number of piperidine rings is 1. The summed E-state index contributed by atoms with van der Waals surface area (Å²) in [5.74, 6) is 2.58. The van der Waals surface area contributed by atoms with Crippen LogP contribution >= 0.6 is 0 Å². The fourth-order valence-corrected chi connectivity index (χ4v) is 3.48. The molecule has 0 aromatic carbocycles. The second-order valence-corrected chi connectivity index (χ2v) is 5.40. The average molecular weight is 192 g/mol. The number of rotatable bonds is 1. The number of nitrogens with zero attached hydrogens (tertiary/aromatic N) is 1. The summed E-state index contributed by atoms with van der Waals surface area (Å²) in [6.07, 6.45) is 4.95. The van der Waals surface area contributed by atoms with E-state index in [0.29, 0.717) is 0 Å². The second kappa shape index (κ2) is 2.32. The summed E-state index contributed by atoms with van der Waals surface area (Å²) >= 11 is 0. The first kappa shape index (κ1) is 7.69. The minimum atomic E-state index is 0.180. The molecular weight excluding hydrogens is 176 g/mol. The molecule has 3 heteroatoms. The Hall–Kier alpha value is -0.570. The molecule has 4 aliphatic rings. The second-order valence-electron chi connectivity index (χ2n) is 5.40. The summed E-state index contributed by atoms with van der Waals surface area (Å²) in [4.78, 5) is 5.62. The monoisotopic (exact) mass is 192 g/mol. The molecule has 3 fully saturated rings. The highest BCUT2D eigenvalue weighted by atomic mass is 16.7. The van der Waals surface area contributed by atoms with E-state index >= 15 is 0 Å². The minimum Gasteiger partial charge on any atom is -0.389 e. The van der Waals surface area contributed by atoms with Crippen molar-refractivity contribution >= 4 is 5.71 Å². The number of hydrogen-bond donors (Lipinski definition) is 1. The van der Waals surface area contributed by atoms with E-state index in [0.717, 1.165) is 24.2 Å². The summed E-state index contributed by atoms with van der Waals surface area (Å²) in [5, 5.41) is 7.77. The first-order valence-corrected chi connectivity index (χ1v) is 5.84. The molecule has 0 radical (unpaired) electrons. The summed E-state index contributed by atoms with van der Waals surface area (Å²) in [6, 6.07) is 0. The molecule has 0 aromatic heterocycles. The molecule has 2 saturated carbocycles. The van der Waals surface area contributed by atoms with Crippen LogP contribution in [-0.2, 0) is 4.84 Å². The molecule has 0 bridgehead atoms. The molecular formula is C11H16N2O. The Kier molecular flexibility index (Phi) is 1.28. The predicted octanol–water partition coefficient (Wildman–Crippen LogP) is 1.15. The molecule has 3 nitrogen and oxygen atoms in total. The van der Waals surface area contributed by atoms with E-state index < -0.39 is 0 Å². The van der Waals surface area contributed by atoms with Crippen molar-refractivity contribution in [1.82, 2.24) is 5.32 Å². The van der Waals surface area contributed by atoms with Crippen LogP contribution in [0.25, 0.3) is 0 Å². The van der Waals surface area contributed by atoms with Gasteiger partial charge in [0.1, 0.15) is 5.60 Å². The molecule has 2 atom stereocenters. The summed E-state index contributed by atoms with van der Waals surface area (Å²) in [5.41, 5.74) is 1.57. The summed E-state index contributed by atoms with van der Waals surface area (Å²) < 4.78 is 0. The van der Waals surface area contributed by atoms with Crippen molar-refractivity contribution in [2.45, 2.75) is 31.3 Å². The third-order valence-electron chi connectivity index (χ3n) is 4.60. The van der Waals surface area contributed by atoms with Gasteiger partial charge in [0.2, 0.25) is 0 Å². The van der Waals surface area contributed by atoms with Crippen molar-refractivity contribution < 1.29 is 4.84 Å². The molecule has 2 aliphatic carbocycles. The van der Waals surface area contributed by atoms with Crippen molar-refractivity contribution in [2.24, 2.45) is 22.9 Å². The van der Waals surface area contributed by atoms with E-state index in [2.05, 4.69) is 10.5 Å². The van der Waals surface area contributed by atoms with Crippen molar-refractivity contribution in [3.63, 3.8) is 0 Å². The lowest BCUT2D eigenvalue weighted by Gasteiger charge is -2.34. The van der Waals surface area contributed by atoms with Crippen LogP contribution in [0, 0.1) is 17.8 Å². The number of oxime groups is 1. The lowest BCUT2D eigenvalue weighted by atomic mass is 9.76. The maximum atomic E-state index is 5.62. The molecule has 2 unspecified atom stereocenters. The third-order valence-corrected chi connectivity index (χ3v) is 4.60. The van der Waals surface area contributed by atoms with E-state index in [9.17, 15) is 0 Å². The van der Waals surface area contributed by atoms with Crippen LogP contribution in [0.5, 0.6) is 0 Å². The van der Waals surface area contributed by atoms with Crippen LogP contribution < -0.4 is 5.32 Å². The minimum absolute atomic E-state index is 0.180. The molecule has 0 aromatic rings. The normalized spacial score (nSPS) is 46.9. The van der Waals surface area contributed by atoms with Gasteiger partial charge in [-0.25, -0.2) is 0 Å². The van der Waals surface area contributed by atoms with Gasteiger partial charge in [0, 0.05) is 12.3 Å². The van der Waals surface area contributed by atoms with E-state index in [1.54, 1.807) is 0 Å². The highest BCUT2D eigenvalue weighted by Gasteiger charge is 2.58. The zero-order valence-electron chi connectivity index (χ0n) is 8.33. The third kappa shape index (κ3) is 0.842. The van der Waals surface area contributed by atoms with Gasteiger partial charge in [0.25, 0.3) is 0 Å². The predicted molar refractivity (Wildman–Crippen MR) is 53.1 cm³/mol. The van der Waals surface area contributed by atoms with Crippen LogP contribution in [-0.4, -0.2) is 24.4 Å². The Balaban J connectivity index is 1.48. The molecule has 2 aliphatic heterocycles. The highest BCUT2D eigenvalue weighted by Crippen LogP contribution is 2.54. The summed E-state index contributed by atoms with van der Waals surface area (Å²) in [6.45, 7) is 2.42. The first-order valence-electron chi connectivity index (χ1n) is 5.84. The van der Waals surface area contributed by atoms with Gasteiger partial charge in [0.15, 0.2) is 0 Å². The van der Waals surface area contributed by atoms with Crippen LogP contribution in [0.3, 0.4) is 0 Å². The molecule has 2 heterocycles. The van der Waals surface area contributed by atoms with Gasteiger partial charge in [-0.1, -0.05) is 5.16 Å². The van der Waals surface area contributed by atoms with Crippen LogP contribution in [0.2, 0.25) is 0 Å². The zero-order chi connectivity index (χ0) is 9.17. The first-order chi connectivity index (χ1) is 6.88. The Bertz CT molecular complexity index is 298. The Morgan fingerprint density at radius 3 is 2.64 bits per heavy atom. The smallest absolute Gasteiger partial charge is 0.143 e. The maximum absolute atomic E-state index is 5.62. The van der Waals surface area contributed by atoms with Gasteiger partial charge < -0.3 is 10.2 Å². The Labute approximate surface area is 83.9 Å². The SMILES string of the molecule is C1CC2(C1)CC(C1C3CNCC31)=NO2. The van der Waals surface area contributed by atoms with Crippen LogP contribution in [0.15, 0.2) is 5.16 Å². The van der Waals surface area contributed by atoms with Crippen molar-refractivity contribution in [3.8, 4) is 0 Å². The summed E-state index contributed by atoms with van der Waals surface area (Å²) in [7, 11) is 0.